The molecule has 0 bridgehead atoms. The van der Waals surface area contributed by atoms with Gasteiger partial charge in [-0.1, -0.05) is 76.8 Å². The van der Waals surface area contributed by atoms with E-state index in [0.29, 0.717) is 32.2 Å². The van der Waals surface area contributed by atoms with E-state index in [-0.39, 0.29) is 0 Å². The van der Waals surface area contributed by atoms with Crippen molar-refractivity contribution in [1.29, 1.82) is 0 Å². The van der Waals surface area contributed by atoms with Crippen molar-refractivity contribution in [2.24, 2.45) is 5.10 Å². The molecule has 1 atom stereocenters. The number of halogens is 3. The van der Waals surface area contributed by atoms with Crippen molar-refractivity contribution < 1.29 is 9.53 Å². The number of benzene rings is 4. The molecular weight excluding hydrogens is 541 g/mol. The van der Waals surface area contributed by atoms with Crippen molar-refractivity contribution in [2.75, 3.05) is 17.0 Å². The van der Waals surface area contributed by atoms with Gasteiger partial charge in [-0.2, -0.15) is 5.10 Å². The monoisotopic (exact) mass is 563 g/mol. The molecule has 8 heteroatoms. The molecule has 0 fully saturated rings. The van der Waals surface area contributed by atoms with E-state index in [4.69, 9.17) is 44.6 Å². The highest BCUT2D eigenvalue weighted by molar-refractivity contribution is 6.39. The van der Waals surface area contributed by atoms with Crippen LogP contribution in [0.25, 0.3) is 0 Å². The number of carbonyl (C=O) groups is 1. The van der Waals surface area contributed by atoms with E-state index >= 15 is 0 Å². The van der Waals surface area contributed by atoms with Crippen LogP contribution in [0, 0.1) is 13.8 Å². The molecule has 192 valence electrons. The highest BCUT2D eigenvalue weighted by Gasteiger charge is 2.39. The summed E-state index contributed by atoms with van der Waals surface area (Å²) in [5.74, 6) is 0.249. The molecule has 0 spiro atoms. The van der Waals surface area contributed by atoms with Gasteiger partial charge >= 0.3 is 5.97 Å². The van der Waals surface area contributed by atoms with Crippen LogP contribution in [0.4, 0.5) is 11.4 Å². The first-order chi connectivity index (χ1) is 18.3. The predicted molar refractivity (Wildman–Crippen MR) is 156 cm³/mol. The van der Waals surface area contributed by atoms with Crippen LogP contribution < -0.4 is 9.91 Å². The van der Waals surface area contributed by atoms with Gasteiger partial charge in [-0.3, -0.25) is 4.90 Å². The Morgan fingerprint density at radius 2 is 1.42 bits per heavy atom. The normalized spacial score (nSPS) is 15.0. The van der Waals surface area contributed by atoms with Gasteiger partial charge in [-0.15, -0.1) is 0 Å². The average Bonchev–Trinajstić information content (AvgIpc) is 3.28. The van der Waals surface area contributed by atoms with Crippen LogP contribution >= 0.6 is 34.8 Å². The molecule has 5 nitrogen and oxygen atoms in total. The third kappa shape index (κ3) is 4.97. The number of carbonyl (C=O) groups excluding carboxylic acids is 1. The number of aryl methyl sites for hydroxylation is 2. The minimum atomic E-state index is -0.412. The van der Waals surface area contributed by atoms with E-state index in [1.807, 2.05) is 67.4 Å². The first kappa shape index (κ1) is 26.1. The summed E-state index contributed by atoms with van der Waals surface area (Å²) in [6.07, 6.45) is -0.412. The molecule has 1 aliphatic rings. The van der Waals surface area contributed by atoms with Gasteiger partial charge in [0.15, 0.2) is 12.0 Å². The number of ether oxygens (including phenoxy) is 1. The van der Waals surface area contributed by atoms with Gasteiger partial charge in [-0.05, 0) is 73.5 Å². The summed E-state index contributed by atoms with van der Waals surface area (Å²) < 4.78 is 4.87. The van der Waals surface area contributed by atoms with Gasteiger partial charge in [0.05, 0.1) is 28.4 Å². The number of rotatable bonds is 5. The zero-order valence-corrected chi connectivity index (χ0v) is 23.2. The molecule has 1 unspecified atom stereocenters. The average molecular weight is 565 g/mol. The Balaban J connectivity index is 1.74. The highest BCUT2D eigenvalue weighted by Crippen LogP contribution is 2.45. The Hall–Kier alpha value is -3.51. The standard InChI is InChI=1S/C30H24Cl3N3O2/c1-18-4-6-21(7-5-18)29-35(24-14-12-23(31)13-15-24)28(20-8-10-22(11-9-20)30(37)38-3)34-36(29)27-25(32)16-19(2)17-26(27)33/h4-17,29H,1-3H3. The SMILES string of the molecule is COC(=O)c1ccc(C2=NN(c3c(Cl)cc(C)cc3Cl)C(c3ccc(C)cc3)N2c2ccc(Cl)cc2)cc1. The molecule has 5 rings (SSSR count). The van der Waals surface area contributed by atoms with Gasteiger partial charge < -0.3 is 4.74 Å². The molecule has 4 aromatic carbocycles. The van der Waals surface area contributed by atoms with Crippen LogP contribution in [0.5, 0.6) is 0 Å². The second kappa shape index (κ2) is 10.7. The highest BCUT2D eigenvalue weighted by atomic mass is 35.5. The fraction of sp³-hybridized carbons (Fsp3) is 0.133. The molecule has 0 saturated carbocycles. The van der Waals surface area contributed by atoms with Gasteiger partial charge in [0.1, 0.15) is 0 Å². The molecule has 1 aliphatic heterocycles. The predicted octanol–water partition coefficient (Wildman–Crippen LogP) is 8.44. The maximum atomic E-state index is 12.1. The van der Waals surface area contributed by atoms with Gasteiger partial charge in [0.2, 0.25) is 0 Å². The maximum Gasteiger partial charge on any atom is 0.337 e. The van der Waals surface area contributed by atoms with E-state index in [9.17, 15) is 4.79 Å². The molecule has 0 amide bonds. The van der Waals surface area contributed by atoms with E-state index in [1.165, 1.54) is 7.11 Å². The molecule has 38 heavy (non-hydrogen) atoms. The lowest BCUT2D eigenvalue weighted by molar-refractivity contribution is 0.0600. The fourth-order valence-corrected chi connectivity index (χ4v) is 5.37. The Bertz CT molecular complexity index is 1500. The van der Waals surface area contributed by atoms with Crippen molar-refractivity contribution in [2.45, 2.75) is 20.0 Å². The summed E-state index contributed by atoms with van der Waals surface area (Å²) in [5.41, 5.74) is 5.80. The molecule has 0 radical (unpaired) electrons. The van der Waals surface area contributed by atoms with E-state index in [1.54, 1.807) is 12.1 Å². The molecule has 0 aromatic heterocycles. The van der Waals surface area contributed by atoms with Crippen molar-refractivity contribution in [1.82, 2.24) is 0 Å². The first-order valence-electron chi connectivity index (χ1n) is 11.9. The van der Waals surface area contributed by atoms with Crippen LogP contribution in [-0.4, -0.2) is 18.9 Å². The number of hydrazone groups is 1. The number of methoxy groups -OCH3 is 1. The molecule has 4 aromatic rings. The van der Waals surface area contributed by atoms with Crippen molar-refractivity contribution >= 4 is 58.0 Å². The van der Waals surface area contributed by atoms with Crippen LogP contribution in [0.15, 0.2) is 90.0 Å². The lowest BCUT2D eigenvalue weighted by atomic mass is 10.1. The topological polar surface area (TPSA) is 45.1 Å². The van der Waals surface area contributed by atoms with Gasteiger partial charge in [0, 0.05) is 16.3 Å². The van der Waals surface area contributed by atoms with E-state index in [2.05, 4.69) is 29.2 Å². The Kier molecular flexibility index (Phi) is 7.35. The van der Waals surface area contributed by atoms with Crippen molar-refractivity contribution in [3.63, 3.8) is 0 Å². The van der Waals surface area contributed by atoms with Crippen LogP contribution in [-0.2, 0) is 4.74 Å². The van der Waals surface area contributed by atoms with Crippen molar-refractivity contribution in [3.05, 3.63) is 128 Å². The number of hydrogen-bond acceptors (Lipinski definition) is 5. The number of amidine groups is 1. The quantitative estimate of drug-likeness (QED) is 0.228. The van der Waals surface area contributed by atoms with Crippen molar-refractivity contribution in [3.8, 4) is 0 Å². The van der Waals surface area contributed by atoms with Crippen LogP contribution in [0.3, 0.4) is 0 Å². The summed E-state index contributed by atoms with van der Waals surface area (Å²) in [5, 5.41) is 8.56. The summed E-state index contributed by atoms with van der Waals surface area (Å²) >= 11 is 19.8. The lowest BCUT2D eigenvalue weighted by Gasteiger charge is -2.33. The van der Waals surface area contributed by atoms with E-state index in [0.717, 1.165) is 27.9 Å². The smallest absolute Gasteiger partial charge is 0.337 e. The number of anilines is 2. The molecule has 1 heterocycles. The van der Waals surface area contributed by atoms with Crippen LogP contribution in [0.1, 0.15) is 38.8 Å². The number of hydrogen-bond donors (Lipinski definition) is 0. The maximum absolute atomic E-state index is 12.1. The Labute approximate surface area is 236 Å². The van der Waals surface area contributed by atoms with Crippen LogP contribution in [0.2, 0.25) is 15.1 Å². The van der Waals surface area contributed by atoms with Gasteiger partial charge in [0.25, 0.3) is 0 Å². The summed E-state index contributed by atoms with van der Waals surface area (Å²) in [7, 11) is 1.36. The molecule has 0 aliphatic carbocycles. The number of nitrogens with zero attached hydrogens (tertiary/aromatic N) is 3. The third-order valence-corrected chi connectivity index (χ3v) is 7.17. The minimum Gasteiger partial charge on any atom is -0.465 e. The molecular formula is C30H24Cl3N3O2. The second-order valence-electron chi connectivity index (χ2n) is 9.05. The summed E-state index contributed by atoms with van der Waals surface area (Å²) in [6.45, 7) is 3.99. The van der Waals surface area contributed by atoms with E-state index < -0.39 is 12.1 Å². The fourth-order valence-electron chi connectivity index (χ4n) is 4.48. The number of esters is 1. The Morgan fingerprint density at radius 1 is 0.816 bits per heavy atom. The second-order valence-corrected chi connectivity index (χ2v) is 10.3. The first-order valence-corrected chi connectivity index (χ1v) is 13.0. The van der Waals surface area contributed by atoms with Gasteiger partial charge in [-0.25, -0.2) is 9.80 Å². The largest absolute Gasteiger partial charge is 0.465 e. The summed E-state index contributed by atoms with van der Waals surface area (Å²) in [4.78, 5) is 14.2. The molecule has 0 N–H and O–H groups in total. The third-order valence-electron chi connectivity index (χ3n) is 6.34. The zero-order valence-electron chi connectivity index (χ0n) is 21.0. The Morgan fingerprint density at radius 3 is 2.00 bits per heavy atom. The molecule has 0 saturated heterocycles. The summed E-state index contributed by atoms with van der Waals surface area (Å²) in [6, 6.07) is 26.8. The lowest BCUT2D eigenvalue weighted by Crippen LogP contribution is -2.36. The minimum absolute atomic E-state index is 0.406. The zero-order chi connectivity index (χ0) is 27.0.